The molecular formula is C14H15FN2O3. The van der Waals surface area contributed by atoms with Crippen LogP contribution < -0.4 is 5.69 Å². The zero-order valence-corrected chi connectivity index (χ0v) is 10.8. The van der Waals surface area contributed by atoms with Gasteiger partial charge in [-0.25, -0.2) is 9.18 Å². The quantitative estimate of drug-likeness (QED) is 0.885. The van der Waals surface area contributed by atoms with Gasteiger partial charge in [0.2, 0.25) is 0 Å². The van der Waals surface area contributed by atoms with Gasteiger partial charge in [0, 0.05) is 6.04 Å². The number of aromatic amines is 1. The molecule has 0 radical (unpaired) electrons. The van der Waals surface area contributed by atoms with Crippen LogP contribution in [0.5, 0.6) is 0 Å². The summed E-state index contributed by atoms with van der Waals surface area (Å²) in [6, 6.07) is 4.14. The average molecular weight is 278 g/mol. The molecule has 5 nitrogen and oxygen atoms in total. The van der Waals surface area contributed by atoms with Crippen molar-refractivity contribution in [3.8, 4) is 0 Å². The Labute approximate surface area is 114 Å². The van der Waals surface area contributed by atoms with E-state index in [-0.39, 0.29) is 23.5 Å². The van der Waals surface area contributed by atoms with Crippen molar-refractivity contribution in [3.05, 3.63) is 34.5 Å². The number of halogens is 1. The number of nitrogens with one attached hydrogen (secondary N) is 1. The number of imidazole rings is 1. The molecule has 0 amide bonds. The molecule has 1 aliphatic carbocycles. The number of aliphatic carboxylic acids is 1. The monoisotopic (exact) mass is 278 g/mol. The van der Waals surface area contributed by atoms with E-state index in [9.17, 15) is 14.0 Å². The van der Waals surface area contributed by atoms with Crippen LogP contribution in [0.3, 0.4) is 0 Å². The molecule has 0 bridgehead atoms. The molecule has 1 heterocycles. The van der Waals surface area contributed by atoms with Gasteiger partial charge in [-0.1, -0.05) is 0 Å². The third kappa shape index (κ3) is 2.11. The Morgan fingerprint density at radius 1 is 1.30 bits per heavy atom. The molecule has 0 spiro atoms. The molecule has 1 aliphatic rings. The second-order valence-corrected chi connectivity index (χ2v) is 5.31. The molecule has 20 heavy (non-hydrogen) atoms. The van der Waals surface area contributed by atoms with Gasteiger partial charge < -0.3 is 10.1 Å². The molecule has 1 saturated carbocycles. The Hall–Kier alpha value is -2.11. The number of hydrogen-bond donors (Lipinski definition) is 2. The molecule has 0 saturated heterocycles. The highest BCUT2D eigenvalue weighted by atomic mass is 19.1. The molecule has 2 aromatic rings. The maximum absolute atomic E-state index is 13.4. The first kappa shape index (κ1) is 12.9. The molecule has 0 unspecified atom stereocenters. The Bertz CT molecular complexity index is 711. The summed E-state index contributed by atoms with van der Waals surface area (Å²) >= 11 is 0. The van der Waals surface area contributed by atoms with Gasteiger partial charge in [0.05, 0.1) is 17.0 Å². The fraction of sp³-hybridized carbons (Fsp3) is 0.429. The SMILES string of the molecule is O=c1[nH]c2ccc(F)cc2n1[C@H]1CC[C@@H](C(=O)O)CC1. The lowest BCUT2D eigenvalue weighted by atomic mass is 9.86. The third-order valence-corrected chi connectivity index (χ3v) is 4.09. The zero-order valence-electron chi connectivity index (χ0n) is 10.8. The van der Waals surface area contributed by atoms with Crippen molar-refractivity contribution < 1.29 is 14.3 Å². The van der Waals surface area contributed by atoms with E-state index in [4.69, 9.17) is 5.11 Å². The molecule has 1 fully saturated rings. The van der Waals surface area contributed by atoms with Gasteiger partial charge in [0.25, 0.3) is 0 Å². The number of carbonyl (C=O) groups is 1. The molecule has 1 aromatic heterocycles. The van der Waals surface area contributed by atoms with Crippen LogP contribution in [0, 0.1) is 11.7 Å². The van der Waals surface area contributed by atoms with Crippen molar-refractivity contribution in [2.24, 2.45) is 5.92 Å². The number of benzene rings is 1. The second kappa shape index (κ2) is 4.77. The van der Waals surface area contributed by atoms with E-state index < -0.39 is 5.97 Å². The molecule has 3 rings (SSSR count). The summed E-state index contributed by atoms with van der Waals surface area (Å²) in [4.78, 5) is 25.7. The predicted octanol–water partition coefficient (Wildman–Crippen LogP) is 2.28. The largest absolute Gasteiger partial charge is 0.481 e. The third-order valence-electron chi connectivity index (χ3n) is 4.09. The number of H-pyrrole nitrogens is 1. The topological polar surface area (TPSA) is 75.1 Å². The number of nitrogens with zero attached hydrogens (tertiary/aromatic N) is 1. The van der Waals surface area contributed by atoms with Gasteiger partial charge in [-0.05, 0) is 43.9 Å². The number of carboxylic acid groups (broad SMARTS) is 1. The Balaban J connectivity index is 1.95. The summed E-state index contributed by atoms with van der Waals surface area (Å²) in [6.45, 7) is 0. The minimum Gasteiger partial charge on any atom is -0.481 e. The van der Waals surface area contributed by atoms with Crippen LogP contribution in [0.25, 0.3) is 11.0 Å². The summed E-state index contributed by atoms with van der Waals surface area (Å²) in [5, 5.41) is 8.99. The summed E-state index contributed by atoms with van der Waals surface area (Å²) in [7, 11) is 0. The fourth-order valence-corrected chi connectivity index (χ4v) is 3.04. The highest BCUT2D eigenvalue weighted by Gasteiger charge is 2.28. The Morgan fingerprint density at radius 3 is 2.65 bits per heavy atom. The number of hydrogen-bond acceptors (Lipinski definition) is 2. The molecule has 1 aromatic carbocycles. The fourth-order valence-electron chi connectivity index (χ4n) is 3.04. The van der Waals surface area contributed by atoms with E-state index in [0.717, 1.165) is 0 Å². The van der Waals surface area contributed by atoms with E-state index >= 15 is 0 Å². The molecule has 2 N–H and O–H groups in total. The van der Waals surface area contributed by atoms with Crippen LogP contribution >= 0.6 is 0 Å². The predicted molar refractivity (Wildman–Crippen MR) is 71.1 cm³/mol. The molecule has 6 heteroatoms. The van der Waals surface area contributed by atoms with Crippen LogP contribution in [-0.4, -0.2) is 20.6 Å². The normalized spacial score (nSPS) is 23.1. The highest BCUT2D eigenvalue weighted by Crippen LogP contribution is 2.33. The summed E-state index contributed by atoms with van der Waals surface area (Å²) in [5.74, 6) is -1.49. The van der Waals surface area contributed by atoms with Gasteiger partial charge in [0.1, 0.15) is 5.82 Å². The van der Waals surface area contributed by atoms with Crippen LogP contribution in [-0.2, 0) is 4.79 Å². The van der Waals surface area contributed by atoms with Gasteiger partial charge in [0.15, 0.2) is 0 Å². The van der Waals surface area contributed by atoms with E-state index in [1.54, 1.807) is 10.6 Å². The number of aromatic nitrogens is 2. The standard InChI is InChI=1S/C14H15FN2O3/c15-9-3-6-11-12(7-9)17(14(20)16-11)10-4-1-8(2-5-10)13(18)19/h3,6-8,10H,1-2,4-5H2,(H,16,20)(H,18,19)/t8-,10+. The highest BCUT2D eigenvalue weighted by molar-refractivity contribution is 5.75. The molecule has 0 atom stereocenters. The van der Waals surface area contributed by atoms with Crippen LogP contribution in [0.1, 0.15) is 31.7 Å². The number of carboxylic acids is 1. The first-order chi connectivity index (χ1) is 9.56. The lowest BCUT2D eigenvalue weighted by Gasteiger charge is -2.26. The maximum atomic E-state index is 13.4. The van der Waals surface area contributed by atoms with Crippen molar-refractivity contribution in [2.45, 2.75) is 31.7 Å². The van der Waals surface area contributed by atoms with E-state index in [0.29, 0.717) is 36.7 Å². The first-order valence-corrected chi connectivity index (χ1v) is 6.69. The van der Waals surface area contributed by atoms with Crippen molar-refractivity contribution in [1.82, 2.24) is 9.55 Å². The van der Waals surface area contributed by atoms with Crippen molar-refractivity contribution in [1.29, 1.82) is 0 Å². The van der Waals surface area contributed by atoms with Crippen LogP contribution in [0.4, 0.5) is 4.39 Å². The molecular weight excluding hydrogens is 263 g/mol. The van der Waals surface area contributed by atoms with Crippen LogP contribution in [0.15, 0.2) is 23.0 Å². The van der Waals surface area contributed by atoms with Gasteiger partial charge in [-0.2, -0.15) is 0 Å². The second-order valence-electron chi connectivity index (χ2n) is 5.31. The minimum absolute atomic E-state index is 0.0614. The average Bonchev–Trinajstić information content (AvgIpc) is 2.74. The van der Waals surface area contributed by atoms with Gasteiger partial charge >= 0.3 is 11.7 Å². The van der Waals surface area contributed by atoms with E-state index in [1.807, 2.05) is 0 Å². The number of rotatable bonds is 2. The smallest absolute Gasteiger partial charge is 0.326 e. The van der Waals surface area contributed by atoms with E-state index in [1.165, 1.54) is 12.1 Å². The lowest BCUT2D eigenvalue weighted by Crippen LogP contribution is -2.28. The molecule has 106 valence electrons. The summed E-state index contributed by atoms with van der Waals surface area (Å²) < 4.78 is 14.9. The Morgan fingerprint density at radius 2 is 2.00 bits per heavy atom. The van der Waals surface area contributed by atoms with Gasteiger partial charge in [-0.3, -0.25) is 9.36 Å². The maximum Gasteiger partial charge on any atom is 0.326 e. The number of fused-ring (bicyclic) bond motifs is 1. The lowest BCUT2D eigenvalue weighted by molar-refractivity contribution is -0.143. The van der Waals surface area contributed by atoms with Gasteiger partial charge in [-0.15, -0.1) is 0 Å². The van der Waals surface area contributed by atoms with Crippen molar-refractivity contribution in [3.63, 3.8) is 0 Å². The summed E-state index contributed by atoms with van der Waals surface area (Å²) in [6.07, 6.45) is 2.35. The zero-order chi connectivity index (χ0) is 14.3. The van der Waals surface area contributed by atoms with Crippen molar-refractivity contribution in [2.75, 3.05) is 0 Å². The van der Waals surface area contributed by atoms with Crippen LogP contribution in [0.2, 0.25) is 0 Å². The summed E-state index contributed by atoms with van der Waals surface area (Å²) in [5.41, 5.74) is 0.898. The van der Waals surface area contributed by atoms with E-state index in [2.05, 4.69) is 4.98 Å². The first-order valence-electron chi connectivity index (χ1n) is 6.69. The molecule has 0 aliphatic heterocycles. The Kier molecular flexibility index (Phi) is 3.08. The van der Waals surface area contributed by atoms with Crippen molar-refractivity contribution >= 4 is 17.0 Å². The minimum atomic E-state index is -0.777.